The predicted molar refractivity (Wildman–Crippen MR) is 112 cm³/mol. The van der Waals surface area contributed by atoms with Crippen LogP contribution >= 0.6 is 11.8 Å². The van der Waals surface area contributed by atoms with Crippen molar-refractivity contribution in [1.82, 2.24) is 9.97 Å². The number of carbonyl (C=O) groups is 1. The summed E-state index contributed by atoms with van der Waals surface area (Å²) >= 11 is 1.16. The number of benzene rings is 2. The fourth-order valence-electron chi connectivity index (χ4n) is 2.58. The van der Waals surface area contributed by atoms with E-state index in [0.29, 0.717) is 23.2 Å². The number of hydrogen-bond donors (Lipinski definition) is 2. The van der Waals surface area contributed by atoms with Crippen molar-refractivity contribution in [1.29, 1.82) is 5.26 Å². The number of carbonyl (C=O) groups excluding carboxylic acids is 1. The van der Waals surface area contributed by atoms with Crippen molar-refractivity contribution in [2.24, 2.45) is 0 Å². The van der Waals surface area contributed by atoms with Gasteiger partial charge in [-0.05, 0) is 24.6 Å². The molecule has 29 heavy (non-hydrogen) atoms. The zero-order chi connectivity index (χ0) is 20.6. The summed E-state index contributed by atoms with van der Waals surface area (Å²) < 4.78 is 5.59. The van der Waals surface area contributed by atoms with Crippen LogP contribution in [0.25, 0.3) is 0 Å². The molecule has 3 N–H and O–H groups in total. The van der Waals surface area contributed by atoms with E-state index in [1.165, 1.54) is 6.20 Å². The normalized spacial score (nSPS) is 11.3. The first-order valence-corrected chi connectivity index (χ1v) is 9.77. The van der Waals surface area contributed by atoms with Crippen LogP contribution < -0.4 is 15.8 Å². The lowest BCUT2D eigenvalue weighted by molar-refractivity contribution is -0.115. The molecule has 1 amide bonds. The number of rotatable bonds is 7. The number of para-hydroxylation sites is 2. The van der Waals surface area contributed by atoms with Crippen LogP contribution in [0.3, 0.4) is 0 Å². The number of thioether (sulfide) groups is 1. The Labute approximate surface area is 172 Å². The number of aromatic nitrogens is 2. The zero-order valence-corrected chi connectivity index (χ0v) is 16.5. The lowest BCUT2D eigenvalue weighted by Crippen LogP contribution is -2.20. The van der Waals surface area contributed by atoms with Gasteiger partial charge < -0.3 is 15.8 Å². The van der Waals surface area contributed by atoms with Gasteiger partial charge in [0, 0.05) is 0 Å². The van der Waals surface area contributed by atoms with Crippen molar-refractivity contribution < 1.29 is 9.53 Å². The molecule has 7 nitrogen and oxygen atoms in total. The van der Waals surface area contributed by atoms with Gasteiger partial charge in [-0.25, -0.2) is 9.97 Å². The number of nitrogens with two attached hydrogens (primary N) is 1. The van der Waals surface area contributed by atoms with Gasteiger partial charge in [0.1, 0.15) is 28.4 Å². The van der Waals surface area contributed by atoms with E-state index in [0.717, 1.165) is 17.3 Å². The Morgan fingerprint density at radius 2 is 1.97 bits per heavy atom. The number of nitriles is 1. The number of nitrogen functional groups attached to an aromatic ring is 1. The van der Waals surface area contributed by atoms with Crippen LogP contribution in [0.4, 0.5) is 11.5 Å². The SMILES string of the molecule is CCOc1ccccc1NC(=O)[C@H](Sc1ncc(C#N)c(N)n1)c1ccccc1. The van der Waals surface area contributed by atoms with Gasteiger partial charge in [0.15, 0.2) is 5.16 Å². The Hall–Kier alpha value is -3.57. The van der Waals surface area contributed by atoms with Gasteiger partial charge in [-0.2, -0.15) is 5.26 Å². The molecule has 146 valence electrons. The van der Waals surface area contributed by atoms with E-state index in [1.807, 2.05) is 55.5 Å². The minimum atomic E-state index is -0.627. The largest absolute Gasteiger partial charge is 0.492 e. The molecule has 0 aliphatic heterocycles. The van der Waals surface area contributed by atoms with E-state index >= 15 is 0 Å². The fraction of sp³-hybridized carbons (Fsp3) is 0.143. The molecular weight excluding hydrogens is 386 g/mol. The third-order valence-electron chi connectivity index (χ3n) is 3.93. The first-order chi connectivity index (χ1) is 14.1. The van der Waals surface area contributed by atoms with Crippen LogP contribution in [0.1, 0.15) is 23.3 Å². The smallest absolute Gasteiger partial charge is 0.242 e. The lowest BCUT2D eigenvalue weighted by atomic mass is 10.1. The molecule has 0 saturated heterocycles. The van der Waals surface area contributed by atoms with Gasteiger partial charge in [-0.3, -0.25) is 4.79 Å². The zero-order valence-electron chi connectivity index (χ0n) is 15.7. The second kappa shape index (κ2) is 9.57. The number of hydrogen-bond acceptors (Lipinski definition) is 7. The predicted octanol–water partition coefficient (Wildman–Crippen LogP) is 3.80. The topological polar surface area (TPSA) is 114 Å². The van der Waals surface area contributed by atoms with Crippen LogP contribution in [-0.2, 0) is 4.79 Å². The summed E-state index contributed by atoms with van der Waals surface area (Å²) in [6.45, 7) is 2.37. The maximum absolute atomic E-state index is 13.2. The standard InChI is InChI=1S/C21H19N5O2S/c1-2-28-17-11-7-6-10-16(17)25-20(27)18(14-8-4-3-5-9-14)29-21-24-13-15(12-22)19(23)26-21/h3-11,13,18H,2H2,1H3,(H,25,27)(H2,23,24,26)/t18-/m1/s1. The van der Waals surface area contributed by atoms with Crippen LogP contribution in [0.2, 0.25) is 0 Å². The molecule has 0 unspecified atom stereocenters. The molecule has 2 aromatic carbocycles. The van der Waals surface area contributed by atoms with E-state index in [4.69, 9.17) is 15.7 Å². The monoisotopic (exact) mass is 405 g/mol. The Kier molecular flexibility index (Phi) is 6.66. The van der Waals surface area contributed by atoms with Crippen molar-refractivity contribution in [2.45, 2.75) is 17.3 Å². The van der Waals surface area contributed by atoms with Gasteiger partial charge in [0.05, 0.1) is 18.5 Å². The summed E-state index contributed by atoms with van der Waals surface area (Å²) in [4.78, 5) is 21.5. The van der Waals surface area contributed by atoms with Crippen LogP contribution in [0.15, 0.2) is 66.0 Å². The summed E-state index contributed by atoms with van der Waals surface area (Å²) in [5.74, 6) is 0.429. The molecule has 0 aliphatic carbocycles. The molecule has 0 bridgehead atoms. The van der Waals surface area contributed by atoms with Gasteiger partial charge in [0.2, 0.25) is 5.91 Å². The van der Waals surface area contributed by atoms with Gasteiger partial charge in [-0.1, -0.05) is 54.2 Å². The van der Waals surface area contributed by atoms with E-state index in [-0.39, 0.29) is 17.3 Å². The van der Waals surface area contributed by atoms with Crippen LogP contribution in [0, 0.1) is 11.3 Å². The molecule has 0 radical (unpaired) electrons. The molecule has 3 aromatic rings. The quantitative estimate of drug-likeness (QED) is 0.454. The van der Waals surface area contributed by atoms with Crippen LogP contribution in [0.5, 0.6) is 5.75 Å². The highest BCUT2D eigenvalue weighted by Crippen LogP contribution is 2.36. The highest BCUT2D eigenvalue weighted by atomic mass is 32.2. The fourth-order valence-corrected chi connectivity index (χ4v) is 3.51. The van der Waals surface area contributed by atoms with Gasteiger partial charge in [-0.15, -0.1) is 0 Å². The maximum Gasteiger partial charge on any atom is 0.242 e. The summed E-state index contributed by atoms with van der Waals surface area (Å²) in [5.41, 5.74) is 7.36. The molecule has 0 aliphatic rings. The third kappa shape index (κ3) is 5.03. The molecule has 1 aromatic heterocycles. The Morgan fingerprint density at radius 1 is 1.24 bits per heavy atom. The first kappa shape index (κ1) is 20.2. The average Bonchev–Trinajstić information content (AvgIpc) is 2.74. The minimum Gasteiger partial charge on any atom is -0.492 e. The number of amides is 1. The maximum atomic E-state index is 13.2. The van der Waals surface area contributed by atoms with Crippen molar-refractivity contribution in [3.8, 4) is 11.8 Å². The number of ether oxygens (including phenoxy) is 1. The van der Waals surface area contributed by atoms with Gasteiger partial charge in [0.25, 0.3) is 0 Å². The summed E-state index contributed by atoms with van der Waals surface area (Å²) in [5, 5.41) is 11.6. The Balaban J connectivity index is 1.89. The molecule has 3 rings (SSSR count). The number of nitrogens with one attached hydrogen (secondary N) is 1. The summed E-state index contributed by atoms with van der Waals surface area (Å²) in [6, 6.07) is 18.5. The summed E-state index contributed by atoms with van der Waals surface area (Å²) in [7, 11) is 0. The molecule has 0 saturated carbocycles. The molecule has 1 heterocycles. The highest BCUT2D eigenvalue weighted by Gasteiger charge is 2.24. The number of nitrogens with zero attached hydrogens (tertiary/aromatic N) is 3. The van der Waals surface area contributed by atoms with Crippen molar-refractivity contribution in [2.75, 3.05) is 17.7 Å². The van der Waals surface area contributed by atoms with E-state index in [9.17, 15) is 4.79 Å². The van der Waals surface area contributed by atoms with E-state index in [1.54, 1.807) is 12.1 Å². The molecule has 0 fully saturated rings. The van der Waals surface area contributed by atoms with E-state index in [2.05, 4.69) is 15.3 Å². The minimum absolute atomic E-state index is 0.0823. The second-order valence-electron chi connectivity index (χ2n) is 5.89. The molecule has 0 spiro atoms. The van der Waals surface area contributed by atoms with Crippen molar-refractivity contribution in [3.63, 3.8) is 0 Å². The molecule has 1 atom stereocenters. The molecule has 8 heteroatoms. The van der Waals surface area contributed by atoms with Crippen molar-refractivity contribution in [3.05, 3.63) is 71.9 Å². The number of anilines is 2. The van der Waals surface area contributed by atoms with Crippen LogP contribution in [-0.4, -0.2) is 22.5 Å². The third-order valence-corrected chi connectivity index (χ3v) is 5.05. The highest BCUT2D eigenvalue weighted by molar-refractivity contribution is 8.00. The Bertz CT molecular complexity index is 1040. The van der Waals surface area contributed by atoms with E-state index < -0.39 is 5.25 Å². The molecular formula is C21H19N5O2S. The first-order valence-electron chi connectivity index (χ1n) is 8.89. The lowest BCUT2D eigenvalue weighted by Gasteiger charge is -2.18. The van der Waals surface area contributed by atoms with Gasteiger partial charge >= 0.3 is 0 Å². The Morgan fingerprint density at radius 3 is 2.66 bits per heavy atom. The van der Waals surface area contributed by atoms with Crippen molar-refractivity contribution >= 4 is 29.2 Å². The average molecular weight is 405 g/mol. The summed E-state index contributed by atoms with van der Waals surface area (Å²) in [6.07, 6.45) is 1.36. The second-order valence-corrected chi connectivity index (χ2v) is 6.96.